The molecule has 0 bridgehead atoms. The Morgan fingerprint density at radius 3 is 1.28 bits per heavy atom. The first kappa shape index (κ1) is 20.1. The van der Waals surface area contributed by atoms with Gasteiger partial charge >= 0.3 is 0 Å². The van der Waals surface area contributed by atoms with Crippen LogP contribution in [0.4, 0.5) is 0 Å². The molecule has 0 radical (unpaired) electrons. The number of rotatable bonds is 4. The molecule has 4 aromatic carbocycles. The molecule has 4 aromatic rings. The fourth-order valence-corrected chi connectivity index (χ4v) is 4.67. The van der Waals surface area contributed by atoms with E-state index in [1.807, 2.05) is 0 Å². The topological polar surface area (TPSA) is 0 Å². The molecule has 0 spiro atoms. The zero-order valence-corrected chi connectivity index (χ0v) is 19.7. The van der Waals surface area contributed by atoms with E-state index in [1.165, 1.54) is 33.4 Å². The second-order valence-corrected chi connectivity index (χ2v) is 9.57. The molecule has 4 rings (SSSR count). The van der Waals surface area contributed by atoms with E-state index < -0.39 is 0 Å². The van der Waals surface area contributed by atoms with Crippen molar-refractivity contribution in [3.05, 3.63) is 117 Å². The maximum absolute atomic E-state index is 3.70. The summed E-state index contributed by atoms with van der Waals surface area (Å²) in [4.78, 5) is 0. The van der Waals surface area contributed by atoms with Crippen molar-refractivity contribution in [2.75, 3.05) is 0 Å². The standard InChI is InChI=1S/C27H22Br2/c1-27(2,25-17-21(28)13-15-23(25)19-9-5-3-6-10-19)26-18-22(29)14-16-24(26)20-11-7-4-8-12-20/h3-18H,1-2H3. The third kappa shape index (κ3) is 4.10. The normalized spacial score (nSPS) is 11.4. The summed E-state index contributed by atoms with van der Waals surface area (Å²) < 4.78 is 2.19. The molecule has 144 valence electrons. The Balaban J connectivity index is 1.96. The summed E-state index contributed by atoms with van der Waals surface area (Å²) in [5.41, 5.74) is 7.39. The van der Waals surface area contributed by atoms with Crippen LogP contribution in [-0.2, 0) is 5.41 Å². The van der Waals surface area contributed by atoms with E-state index in [0.29, 0.717) is 0 Å². The first-order chi connectivity index (χ1) is 14.0. The first-order valence-electron chi connectivity index (χ1n) is 9.68. The van der Waals surface area contributed by atoms with Crippen LogP contribution in [0.15, 0.2) is 106 Å². The Labute approximate surface area is 189 Å². The van der Waals surface area contributed by atoms with Crippen LogP contribution in [0.25, 0.3) is 22.3 Å². The minimum Gasteiger partial charge on any atom is -0.0622 e. The van der Waals surface area contributed by atoms with Crippen LogP contribution in [0.3, 0.4) is 0 Å². The van der Waals surface area contributed by atoms with Crippen LogP contribution in [0.2, 0.25) is 0 Å². The van der Waals surface area contributed by atoms with E-state index in [0.717, 1.165) is 8.95 Å². The van der Waals surface area contributed by atoms with Gasteiger partial charge in [-0.2, -0.15) is 0 Å². The SMILES string of the molecule is CC(C)(c1cc(Br)ccc1-c1ccccc1)c1cc(Br)ccc1-c1ccccc1. The van der Waals surface area contributed by atoms with Crippen LogP contribution in [0, 0.1) is 0 Å². The third-order valence-electron chi connectivity index (χ3n) is 5.48. The Morgan fingerprint density at radius 1 is 0.517 bits per heavy atom. The second-order valence-electron chi connectivity index (χ2n) is 7.74. The van der Waals surface area contributed by atoms with E-state index in [2.05, 4.69) is 143 Å². The second kappa shape index (κ2) is 8.30. The van der Waals surface area contributed by atoms with E-state index in [9.17, 15) is 0 Å². The number of halogens is 2. The van der Waals surface area contributed by atoms with Gasteiger partial charge in [0.2, 0.25) is 0 Å². The average molecular weight is 506 g/mol. The van der Waals surface area contributed by atoms with Gasteiger partial charge in [0.1, 0.15) is 0 Å². The molecule has 2 heteroatoms. The molecule has 0 saturated heterocycles. The third-order valence-corrected chi connectivity index (χ3v) is 6.47. The highest BCUT2D eigenvalue weighted by molar-refractivity contribution is 9.10. The quantitative estimate of drug-likeness (QED) is 0.259. The summed E-state index contributed by atoms with van der Waals surface area (Å²) in [6.07, 6.45) is 0. The van der Waals surface area contributed by atoms with Crippen LogP contribution in [-0.4, -0.2) is 0 Å². The summed E-state index contributed by atoms with van der Waals surface area (Å²) in [6.45, 7) is 4.63. The van der Waals surface area contributed by atoms with Gasteiger partial charge in [0.15, 0.2) is 0 Å². The number of hydrogen-bond donors (Lipinski definition) is 0. The molecule has 0 unspecified atom stereocenters. The van der Waals surface area contributed by atoms with Crippen molar-refractivity contribution in [2.24, 2.45) is 0 Å². The van der Waals surface area contributed by atoms with Crippen molar-refractivity contribution in [3.63, 3.8) is 0 Å². The molecule has 0 nitrogen and oxygen atoms in total. The minimum absolute atomic E-state index is 0.204. The van der Waals surface area contributed by atoms with Gasteiger partial charge < -0.3 is 0 Å². The van der Waals surface area contributed by atoms with Crippen LogP contribution < -0.4 is 0 Å². The van der Waals surface area contributed by atoms with E-state index >= 15 is 0 Å². The van der Waals surface area contributed by atoms with Gasteiger partial charge in [0.05, 0.1) is 0 Å². The van der Waals surface area contributed by atoms with Crippen molar-refractivity contribution in [1.29, 1.82) is 0 Å². The van der Waals surface area contributed by atoms with E-state index in [4.69, 9.17) is 0 Å². The number of hydrogen-bond acceptors (Lipinski definition) is 0. The smallest absolute Gasteiger partial charge is 0.0178 e. The Kier molecular flexibility index (Phi) is 5.76. The van der Waals surface area contributed by atoms with Crippen molar-refractivity contribution < 1.29 is 0 Å². The molecule has 0 aliphatic carbocycles. The minimum atomic E-state index is -0.204. The summed E-state index contributed by atoms with van der Waals surface area (Å²) >= 11 is 7.41. The number of benzene rings is 4. The lowest BCUT2D eigenvalue weighted by molar-refractivity contribution is 0.643. The maximum Gasteiger partial charge on any atom is 0.0178 e. The van der Waals surface area contributed by atoms with E-state index in [1.54, 1.807) is 0 Å². The van der Waals surface area contributed by atoms with Gasteiger partial charge in [-0.25, -0.2) is 0 Å². The summed E-state index contributed by atoms with van der Waals surface area (Å²) in [6, 6.07) is 34.5. The molecule has 0 aliphatic heterocycles. The Bertz CT molecular complexity index is 1040. The molecule has 0 amide bonds. The highest BCUT2D eigenvalue weighted by atomic mass is 79.9. The van der Waals surface area contributed by atoms with E-state index in [-0.39, 0.29) is 5.41 Å². The monoisotopic (exact) mass is 504 g/mol. The predicted octanol–water partition coefficient (Wildman–Crippen LogP) is 8.87. The molecular weight excluding hydrogens is 484 g/mol. The largest absolute Gasteiger partial charge is 0.0622 e. The molecule has 0 heterocycles. The van der Waals surface area contributed by atoms with Crippen LogP contribution in [0.5, 0.6) is 0 Å². The molecule has 0 aromatic heterocycles. The lowest BCUT2D eigenvalue weighted by Crippen LogP contribution is -2.21. The Hall–Kier alpha value is -2.16. The highest BCUT2D eigenvalue weighted by Gasteiger charge is 2.29. The molecule has 29 heavy (non-hydrogen) atoms. The summed E-state index contributed by atoms with van der Waals surface area (Å²) in [7, 11) is 0. The lowest BCUT2D eigenvalue weighted by Gasteiger charge is -2.31. The van der Waals surface area contributed by atoms with Crippen molar-refractivity contribution in [1.82, 2.24) is 0 Å². The fourth-order valence-electron chi connectivity index (χ4n) is 3.95. The fraction of sp³-hybridized carbons (Fsp3) is 0.111. The Morgan fingerprint density at radius 2 is 0.897 bits per heavy atom. The van der Waals surface area contributed by atoms with Crippen molar-refractivity contribution >= 4 is 31.9 Å². The van der Waals surface area contributed by atoms with Gasteiger partial charge in [-0.1, -0.05) is 119 Å². The predicted molar refractivity (Wildman–Crippen MR) is 131 cm³/mol. The molecule has 0 aliphatic rings. The van der Waals surface area contributed by atoms with Gasteiger partial charge in [0, 0.05) is 14.4 Å². The molecular formula is C27H22Br2. The lowest BCUT2D eigenvalue weighted by atomic mass is 9.72. The summed E-state index contributed by atoms with van der Waals surface area (Å²) in [5, 5.41) is 0. The first-order valence-corrected chi connectivity index (χ1v) is 11.3. The molecule has 0 saturated carbocycles. The zero-order chi connectivity index (χ0) is 20.4. The van der Waals surface area contributed by atoms with Crippen molar-refractivity contribution in [2.45, 2.75) is 19.3 Å². The molecule has 0 atom stereocenters. The van der Waals surface area contributed by atoms with Crippen LogP contribution in [0.1, 0.15) is 25.0 Å². The van der Waals surface area contributed by atoms with Gasteiger partial charge in [0.25, 0.3) is 0 Å². The van der Waals surface area contributed by atoms with Gasteiger partial charge in [-0.05, 0) is 57.6 Å². The molecule has 0 fully saturated rings. The summed E-state index contributed by atoms with van der Waals surface area (Å²) in [5.74, 6) is 0. The van der Waals surface area contributed by atoms with Gasteiger partial charge in [-0.3, -0.25) is 0 Å². The highest BCUT2D eigenvalue weighted by Crippen LogP contribution is 2.43. The van der Waals surface area contributed by atoms with Gasteiger partial charge in [-0.15, -0.1) is 0 Å². The average Bonchev–Trinajstić information content (AvgIpc) is 2.75. The van der Waals surface area contributed by atoms with Crippen molar-refractivity contribution in [3.8, 4) is 22.3 Å². The maximum atomic E-state index is 3.70. The molecule has 0 N–H and O–H groups in total. The van der Waals surface area contributed by atoms with Crippen LogP contribution >= 0.6 is 31.9 Å². The zero-order valence-electron chi connectivity index (χ0n) is 16.5.